The zero-order chi connectivity index (χ0) is 15.5. The van der Waals surface area contributed by atoms with E-state index in [1.807, 2.05) is 25.1 Å². The minimum atomic E-state index is -0.0271. The lowest BCUT2D eigenvalue weighted by Crippen LogP contribution is -3.17. The molecule has 0 bridgehead atoms. The van der Waals surface area contributed by atoms with Crippen LogP contribution in [0, 0.1) is 5.92 Å². The van der Waals surface area contributed by atoms with Crippen molar-refractivity contribution in [3.8, 4) is 11.5 Å². The molecule has 2 aliphatic rings. The minimum absolute atomic E-state index is 0.0271. The van der Waals surface area contributed by atoms with Crippen molar-refractivity contribution in [2.75, 3.05) is 31.6 Å². The van der Waals surface area contributed by atoms with E-state index in [1.165, 1.54) is 17.7 Å². The lowest BCUT2D eigenvalue weighted by atomic mass is 9.98. The molecule has 1 atom stereocenters. The zero-order valence-electron chi connectivity index (χ0n) is 13.4. The van der Waals surface area contributed by atoms with Crippen LogP contribution in [-0.2, 0) is 4.79 Å². The number of rotatable bonds is 3. The van der Waals surface area contributed by atoms with Gasteiger partial charge in [0.2, 0.25) is 0 Å². The van der Waals surface area contributed by atoms with Crippen molar-refractivity contribution >= 4 is 11.6 Å². The topological polar surface area (TPSA) is 52.0 Å². The quantitative estimate of drug-likeness (QED) is 0.879. The summed E-state index contributed by atoms with van der Waals surface area (Å²) in [6.07, 6.45) is 2.41. The van der Waals surface area contributed by atoms with Crippen LogP contribution in [0.4, 0.5) is 5.69 Å². The molecule has 22 heavy (non-hydrogen) atoms. The molecule has 0 unspecified atom stereocenters. The highest BCUT2D eigenvalue weighted by Crippen LogP contribution is 2.32. The number of nitrogens with one attached hydrogen (secondary N) is 2. The molecule has 0 saturated carbocycles. The average molecular weight is 305 g/mol. The number of hydrogen-bond donors (Lipinski definition) is 2. The van der Waals surface area contributed by atoms with Crippen LogP contribution in [0.5, 0.6) is 11.5 Å². The van der Waals surface area contributed by atoms with Crippen LogP contribution in [0.15, 0.2) is 18.2 Å². The van der Waals surface area contributed by atoms with E-state index in [1.54, 1.807) is 0 Å². The molecule has 1 aromatic rings. The Balaban J connectivity index is 1.61. The highest BCUT2D eigenvalue weighted by Gasteiger charge is 2.28. The fourth-order valence-corrected chi connectivity index (χ4v) is 3.12. The summed E-state index contributed by atoms with van der Waals surface area (Å²) in [6, 6.07) is 5.53. The number of anilines is 1. The maximum Gasteiger partial charge on any atom is 0.282 e. The summed E-state index contributed by atoms with van der Waals surface area (Å²) in [7, 11) is 0. The molecule has 1 fully saturated rings. The maximum absolute atomic E-state index is 12.5. The van der Waals surface area contributed by atoms with Gasteiger partial charge in [0.05, 0.1) is 13.1 Å². The molecular weight excluding hydrogens is 280 g/mol. The summed E-state index contributed by atoms with van der Waals surface area (Å²) in [5, 5.41) is 3.00. The number of carbonyl (C=O) groups is 1. The summed E-state index contributed by atoms with van der Waals surface area (Å²) in [4.78, 5) is 13.8. The van der Waals surface area contributed by atoms with Gasteiger partial charge in [-0.1, -0.05) is 6.92 Å². The predicted molar refractivity (Wildman–Crippen MR) is 84.6 cm³/mol. The lowest BCUT2D eigenvalue weighted by molar-refractivity contribution is -0.919. The zero-order valence-corrected chi connectivity index (χ0v) is 13.4. The maximum atomic E-state index is 12.5. The van der Waals surface area contributed by atoms with Crippen LogP contribution < -0.4 is 19.7 Å². The molecule has 1 saturated heterocycles. The Kier molecular flexibility index (Phi) is 4.52. The second-order valence-corrected chi connectivity index (χ2v) is 6.41. The highest BCUT2D eigenvalue weighted by molar-refractivity contribution is 5.93. The van der Waals surface area contributed by atoms with E-state index in [9.17, 15) is 4.79 Å². The average Bonchev–Trinajstić information content (AvgIpc) is 2.55. The molecule has 0 spiro atoms. The number of hydrogen-bond acceptors (Lipinski definition) is 3. The molecule has 0 radical (unpaired) electrons. The Morgan fingerprint density at radius 3 is 2.64 bits per heavy atom. The van der Waals surface area contributed by atoms with Gasteiger partial charge in [0.25, 0.3) is 5.91 Å². The van der Waals surface area contributed by atoms with E-state index in [2.05, 4.69) is 12.2 Å². The predicted octanol–water partition coefficient (Wildman–Crippen LogP) is 1.10. The Hall–Kier alpha value is -1.75. The van der Waals surface area contributed by atoms with Crippen molar-refractivity contribution in [2.45, 2.75) is 32.7 Å². The van der Waals surface area contributed by atoms with Crippen molar-refractivity contribution in [2.24, 2.45) is 5.92 Å². The van der Waals surface area contributed by atoms with E-state index in [0.29, 0.717) is 19.0 Å². The first kappa shape index (κ1) is 15.2. The van der Waals surface area contributed by atoms with Gasteiger partial charge in [0.15, 0.2) is 17.5 Å². The molecule has 2 heterocycles. The van der Waals surface area contributed by atoms with E-state index >= 15 is 0 Å². The molecule has 120 valence electrons. The van der Waals surface area contributed by atoms with E-state index in [0.717, 1.165) is 30.4 Å². The van der Waals surface area contributed by atoms with Gasteiger partial charge in [0, 0.05) is 11.8 Å². The first-order valence-corrected chi connectivity index (χ1v) is 8.18. The van der Waals surface area contributed by atoms with Gasteiger partial charge in [-0.15, -0.1) is 0 Å². The van der Waals surface area contributed by atoms with Crippen LogP contribution >= 0.6 is 0 Å². The normalized spacial score (nSPS) is 25.4. The highest BCUT2D eigenvalue weighted by atomic mass is 16.6. The molecule has 5 heteroatoms. The summed E-state index contributed by atoms with van der Waals surface area (Å²) >= 11 is 0. The van der Waals surface area contributed by atoms with Crippen LogP contribution in [0.25, 0.3) is 0 Å². The first-order valence-electron chi connectivity index (χ1n) is 8.18. The molecule has 3 rings (SSSR count). The minimum Gasteiger partial charge on any atom is -0.486 e. The largest absolute Gasteiger partial charge is 0.486 e. The van der Waals surface area contributed by atoms with Gasteiger partial charge < -0.3 is 19.7 Å². The van der Waals surface area contributed by atoms with Crippen molar-refractivity contribution < 1.29 is 19.2 Å². The Morgan fingerprint density at radius 1 is 1.23 bits per heavy atom. The molecule has 5 nitrogen and oxygen atoms in total. The third-order valence-corrected chi connectivity index (χ3v) is 4.73. The monoisotopic (exact) mass is 305 g/mol. The summed E-state index contributed by atoms with van der Waals surface area (Å²) in [6.45, 7) is 7.59. The van der Waals surface area contributed by atoms with Crippen molar-refractivity contribution in [3.63, 3.8) is 0 Å². The Labute approximate surface area is 131 Å². The number of fused-ring (bicyclic) bond motifs is 1. The number of benzene rings is 1. The number of amides is 1. The van der Waals surface area contributed by atoms with Crippen LogP contribution in [0.1, 0.15) is 26.7 Å². The summed E-state index contributed by atoms with van der Waals surface area (Å²) in [5.74, 6) is 2.31. The second-order valence-electron chi connectivity index (χ2n) is 6.41. The summed E-state index contributed by atoms with van der Waals surface area (Å²) in [5.41, 5.74) is 0.769. The van der Waals surface area contributed by atoms with Gasteiger partial charge in [0.1, 0.15) is 13.2 Å². The summed E-state index contributed by atoms with van der Waals surface area (Å²) < 4.78 is 11.0. The van der Waals surface area contributed by atoms with Crippen LogP contribution in [0.2, 0.25) is 0 Å². The molecule has 2 aliphatic heterocycles. The van der Waals surface area contributed by atoms with Gasteiger partial charge in [-0.2, -0.15) is 0 Å². The van der Waals surface area contributed by atoms with E-state index in [-0.39, 0.29) is 11.9 Å². The smallest absolute Gasteiger partial charge is 0.282 e. The van der Waals surface area contributed by atoms with Crippen LogP contribution in [0.3, 0.4) is 0 Å². The molecule has 1 aromatic carbocycles. The van der Waals surface area contributed by atoms with Crippen molar-refractivity contribution in [1.82, 2.24) is 0 Å². The van der Waals surface area contributed by atoms with Crippen molar-refractivity contribution in [1.29, 1.82) is 0 Å². The fraction of sp³-hybridized carbons (Fsp3) is 0.588. The molecule has 0 aromatic heterocycles. The third-order valence-electron chi connectivity index (χ3n) is 4.73. The van der Waals surface area contributed by atoms with Crippen molar-refractivity contribution in [3.05, 3.63) is 18.2 Å². The Bertz CT molecular complexity index is 539. The second kappa shape index (κ2) is 6.57. The third kappa shape index (κ3) is 3.35. The SMILES string of the molecule is CC1CC[NH+]([C@@H](C)C(=O)Nc2ccc3c(c2)OCCO3)CC1. The number of carbonyl (C=O) groups excluding carboxylic acids is 1. The number of ether oxygens (including phenoxy) is 2. The molecule has 2 N–H and O–H groups in total. The lowest BCUT2D eigenvalue weighted by Gasteiger charge is -2.31. The standard InChI is InChI=1S/C17H24N2O3/c1-12-5-7-19(8-6-12)13(2)17(20)18-14-3-4-15-16(11-14)22-10-9-21-15/h3-4,11-13H,5-10H2,1-2H3,(H,18,20)/p+1/t13-/m0/s1. The van der Waals surface area contributed by atoms with Crippen LogP contribution in [-0.4, -0.2) is 38.3 Å². The van der Waals surface area contributed by atoms with Gasteiger partial charge >= 0.3 is 0 Å². The fourth-order valence-electron chi connectivity index (χ4n) is 3.12. The van der Waals surface area contributed by atoms with E-state index in [4.69, 9.17) is 9.47 Å². The number of quaternary nitrogens is 1. The van der Waals surface area contributed by atoms with Gasteiger partial charge in [-0.25, -0.2) is 0 Å². The first-order chi connectivity index (χ1) is 10.6. The Morgan fingerprint density at radius 2 is 1.91 bits per heavy atom. The molecular formula is C17H25N2O3+. The molecule has 0 aliphatic carbocycles. The van der Waals surface area contributed by atoms with Gasteiger partial charge in [-0.05, 0) is 37.8 Å². The number of piperidine rings is 1. The van der Waals surface area contributed by atoms with Gasteiger partial charge in [-0.3, -0.25) is 4.79 Å². The number of likely N-dealkylation sites (tertiary alicyclic amines) is 1. The molecule has 1 amide bonds. The van der Waals surface area contributed by atoms with E-state index < -0.39 is 0 Å².